The molecule has 52 valence electrons. The normalized spacial score (nSPS) is 17.2. The first-order valence-corrected chi connectivity index (χ1v) is 3.43. The standard InChI is InChI=1S/C7H9N3/c8-7-4-9-6(3-10-7)5-1-2-5/h3-5H,1-2H2,(H2,8,10). The summed E-state index contributed by atoms with van der Waals surface area (Å²) in [6.45, 7) is 0. The summed E-state index contributed by atoms with van der Waals surface area (Å²) in [4.78, 5) is 8.11. The lowest BCUT2D eigenvalue weighted by atomic mass is 10.3. The summed E-state index contributed by atoms with van der Waals surface area (Å²) in [7, 11) is 0. The van der Waals surface area contributed by atoms with Gasteiger partial charge in [-0.2, -0.15) is 0 Å². The lowest BCUT2D eigenvalue weighted by Crippen LogP contribution is -1.93. The van der Waals surface area contributed by atoms with Crippen LogP contribution in [-0.4, -0.2) is 9.97 Å². The quantitative estimate of drug-likeness (QED) is 0.623. The largest absolute Gasteiger partial charge is 0.382 e. The lowest BCUT2D eigenvalue weighted by molar-refractivity contribution is 0.992. The molecule has 1 fully saturated rings. The van der Waals surface area contributed by atoms with Gasteiger partial charge in [0.2, 0.25) is 0 Å². The van der Waals surface area contributed by atoms with Crippen molar-refractivity contribution < 1.29 is 0 Å². The minimum absolute atomic E-state index is 0.504. The fourth-order valence-corrected chi connectivity index (χ4v) is 0.938. The molecule has 2 rings (SSSR count). The van der Waals surface area contributed by atoms with Gasteiger partial charge in [0.25, 0.3) is 0 Å². The Balaban J connectivity index is 2.28. The molecule has 3 nitrogen and oxygen atoms in total. The van der Waals surface area contributed by atoms with Gasteiger partial charge in [0, 0.05) is 5.92 Å². The topological polar surface area (TPSA) is 51.8 Å². The first-order chi connectivity index (χ1) is 4.86. The second-order valence-electron chi connectivity index (χ2n) is 2.64. The van der Waals surface area contributed by atoms with E-state index in [-0.39, 0.29) is 0 Å². The van der Waals surface area contributed by atoms with Crippen LogP contribution in [0.3, 0.4) is 0 Å². The number of nitrogen functional groups attached to an aromatic ring is 1. The Morgan fingerprint density at radius 2 is 2.10 bits per heavy atom. The van der Waals surface area contributed by atoms with E-state index < -0.39 is 0 Å². The van der Waals surface area contributed by atoms with Gasteiger partial charge in [-0.25, -0.2) is 4.98 Å². The van der Waals surface area contributed by atoms with Crippen LogP contribution < -0.4 is 5.73 Å². The third kappa shape index (κ3) is 0.943. The molecule has 0 amide bonds. The fourth-order valence-electron chi connectivity index (χ4n) is 0.938. The molecule has 0 aliphatic heterocycles. The van der Waals surface area contributed by atoms with Gasteiger partial charge in [0.05, 0.1) is 18.1 Å². The monoisotopic (exact) mass is 135 g/mol. The van der Waals surface area contributed by atoms with E-state index in [0.29, 0.717) is 11.7 Å². The minimum Gasteiger partial charge on any atom is -0.382 e. The van der Waals surface area contributed by atoms with Crippen molar-refractivity contribution in [2.75, 3.05) is 5.73 Å². The van der Waals surface area contributed by atoms with Crippen molar-refractivity contribution in [1.82, 2.24) is 9.97 Å². The van der Waals surface area contributed by atoms with Crippen molar-refractivity contribution in [3.63, 3.8) is 0 Å². The molecule has 1 saturated carbocycles. The molecular weight excluding hydrogens is 126 g/mol. The van der Waals surface area contributed by atoms with Crippen LogP contribution in [0, 0.1) is 0 Å². The number of aromatic nitrogens is 2. The van der Waals surface area contributed by atoms with Crippen LogP contribution in [0.2, 0.25) is 0 Å². The van der Waals surface area contributed by atoms with E-state index >= 15 is 0 Å². The molecule has 3 heteroatoms. The van der Waals surface area contributed by atoms with Crippen molar-refractivity contribution in [2.24, 2.45) is 0 Å². The maximum absolute atomic E-state index is 5.37. The number of anilines is 1. The molecule has 0 saturated heterocycles. The van der Waals surface area contributed by atoms with E-state index in [1.54, 1.807) is 12.4 Å². The molecule has 0 unspecified atom stereocenters. The van der Waals surface area contributed by atoms with Gasteiger partial charge in [-0.15, -0.1) is 0 Å². The smallest absolute Gasteiger partial charge is 0.141 e. The maximum atomic E-state index is 5.37. The highest BCUT2D eigenvalue weighted by atomic mass is 14.9. The number of nitrogens with zero attached hydrogens (tertiary/aromatic N) is 2. The van der Waals surface area contributed by atoms with Crippen LogP contribution in [0.15, 0.2) is 12.4 Å². The van der Waals surface area contributed by atoms with Crippen molar-refractivity contribution in [2.45, 2.75) is 18.8 Å². The molecule has 1 aromatic rings. The molecule has 0 radical (unpaired) electrons. The summed E-state index contributed by atoms with van der Waals surface area (Å²) in [5.41, 5.74) is 6.47. The van der Waals surface area contributed by atoms with Crippen molar-refractivity contribution in [3.05, 3.63) is 18.1 Å². The molecular formula is C7H9N3. The predicted molar refractivity (Wildman–Crippen MR) is 38.4 cm³/mol. The Labute approximate surface area is 59.3 Å². The molecule has 1 aromatic heterocycles. The van der Waals surface area contributed by atoms with Gasteiger partial charge in [-0.05, 0) is 12.8 Å². The van der Waals surface area contributed by atoms with Gasteiger partial charge in [-0.3, -0.25) is 4.98 Å². The van der Waals surface area contributed by atoms with E-state index in [9.17, 15) is 0 Å². The first-order valence-electron chi connectivity index (χ1n) is 3.43. The maximum Gasteiger partial charge on any atom is 0.141 e. The van der Waals surface area contributed by atoms with Crippen LogP contribution in [0.5, 0.6) is 0 Å². The number of hydrogen-bond donors (Lipinski definition) is 1. The van der Waals surface area contributed by atoms with Crippen LogP contribution in [0.25, 0.3) is 0 Å². The zero-order valence-corrected chi connectivity index (χ0v) is 5.62. The summed E-state index contributed by atoms with van der Waals surface area (Å²) < 4.78 is 0. The SMILES string of the molecule is Nc1cnc(C2CC2)cn1. The van der Waals surface area contributed by atoms with Gasteiger partial charge in [0.1, 0.15) is 5.82 Å². The summed E-state index contributed by atoms with van der Waals surface area (Å²) in [5, 5.41) is 0. The van der Waals surface area contributed by atoms with Crippen molar-refractivity contribution in [3.8, 4) is 0 Å². The minimum atomic E-state index is 0.504. The van der Waals surface area contributed by atoms with Crippen molar-refractivity contribution in [1.29, 1.82) is 0 Å². The Hall–Kier alpha value is -1.12. The van der Waals surface area contributed by atoms with E-state index in [2.05, 4.69) is 9.97 Å². The Bertz CT molecular complexity index is 225. The number of rotatable bonds is 1. The lowest BCUT2D eigenvalue weighted by Gasteiger charge is -1.94. The summed E-state index contributed by atoms with van der Waals surface area (Å²) in [6.07, 6.45) is 5.91. The second kappa shape index (κ2) is 1.94. The summed E-state index contributed by atoms with van der Waals surface area (Å²) in [6, 6.07) is 0. The zero-order valence-electron chi connectivity index (χ0n) is 5.62. The van der Waals surface area contributed by atoms with Gasteiger partial charge < -0.3 is 5.73 Å². The van der Waals surface area contributed by atoms with E-state index in [0.717, 1.165) is 5.69 Å². The van der Waals surface area contributed by atoms with Gasteiger partial charge >= 0.3 is 0 Å². The average Bonchev–Trinajstić information content (AvgIpc) is 2.71. The Morgan fingerprint density at radius 1 is 1.30 bits per heavy atom. The third-order valence-electron chi connectivity index (χ3n) is 1.69. The van der Waals surface area contributed by atoms with E-state index in [1.807, 2.05) is 0 Å². The molecule has 0 spiro atoms. The first kappa shape index (κ1) is 5.65. The van der Waals surface area contributed by atoms with Gasteiger partial charge in [-0.1, -0.05) is 0 Å². The van der Waals surface area contributed by atoms with E-state index in [1.165, 1.54) is 12.8 Å². The highest BCUT2D eigenvalue weighted by molar-refractivity contribution is 5.24. The third-order valence-corrected chi connectivity index (χ3v) is 1.69. The molecule has 10 heavy (non-hydrogen) atoms. The number of hydrogen-bond acceptors (Lipinski definition) is 3. The molecule has 1 aliphatic carbocycles. The second-order valence-corrected chi connectivity index (χ2v) is 2.64. The molecule has 1 heterocycles. The Kier molecular flexibility index (Phi) is 1.09. The average molecular weight is 135 g/mol. The molecule has 1 aliphatic rings. The molecule has 2 N–H and O–H groups in total. The zero-order chi connectivity index (χ0) is 6.97. The van der Waals surface area contributed by atoms with Crippen LogP contribution in [-0.2, 0) is 0 Å². The molecule has 0 atom stereocenters. The summed E-state index contributed by atoms with van der Waals surface area (Å²) >= 11 is 0. The van der Waals surface area contributed by atoms with Crippen LogP contribution >= 0.6 is 0 Å². The van der Waals surface area contributed by atoms with Crippen LogP contribution in [0.4, 0.5) is 5.82 Å². The van der Waals surface area contributed by atoms with Gasteiger partial charge in [0.15, 0.2) is 0 Å². The Morgan fingerprint density at radius 3 is 2.60 bits per heavy atom. The molecule has 0 aromatic carbocycles. The van der Waals surface area contributed by atoms with Crippen molar-refractivity contribution >= 4 is 5.82 Å². The molecule has 0 bridgehead atoms. The summed E-state index contributed by atoms with van der Waals surface area (Å²) in [5.74, 6) is 1.18. The number of nitrogens with two attached hydrogens (primary N) is 1. The highest BCUT2D eigenvalue weighted by Crippen LogP contribution is 2.38. The van der Waals surface area contributed by atoms with E-state index in [4.69, 9.17) is 5.73 Å². The fraction of sp³-hybridized carbons (Fsp3) is 0.429. The van der Waals surface area contributed by atoms with Crippen LogP contribution in [0.1, 0.15) is 24.5 Å². The highest BCUT2D eigenvalue weighted by Gasteiger charge is 2.24. The predicted octanol–water partition coefficient (Wildman–Crippen LogP) is 0.936.